The third kappa shape index (κ3) is 11.8. The van der Waals surface area contributed by atoms with Gasteiger partial charge in [-0.15, -0.1) is 22.1 Å². The average molecular weight is 1240 g/mol. The Bertz CT molecular complexity index is 3750. The molecule has 4 amide bonds. The number of ether oxygens (including phenoxy) is 8. The van der Waals surface area contributed by atoms with Crippen LogP contribution >= 0.6 is 0 Å². The van der Waals surface area contributed by atoms with E-state index in [0.29, 0.717) is 187 Å². The summed E-state index contributed by atoms with van der Waals surface area (Å²) in [4.78, 5) is 79.3. The van der Waals surface area contributed by atoms with E-state index in [-0.39, 0.29) is 40.4 Å². The summed E-state index contributed by atoms with van der Waals surface area (Å²) >= 11 is 0. The minimum atomic E-state index is -0.703. The number of nitrogens with one attached hydrogen (secondary N) is 4. The molecule has 9 heterocycles. The van der Waals surface area contributed by atoms with E-state index < -0.39 is 24.4 Å². The largest absolute Gasteiger partial charge is 2.00 e. The molecule has 4 aromatic carbocycles. The average Bonchev–Trinajstić information content (AvgIpc) is 1.83. The fourth-order valence-corrected chi connectivity index (χ4v) is 12.4. The molecule has 0 aliphatic carbocycles. The van der Waals surface area contributed by atoms with Crippen LogP contribution in [0, 0.1) is 0 Å². The number of fused-ring (bicyclic) bond motifs is 8. The summed E-state index contributed by atoms with van der Waals surface area (Å²) in [6.45, 7) is 1.79. The summed E-state index contributed by atoms with van der Waals surface area (Å²) in [6, 6.07) is 29.1. The van der Waals surface area contributed by atoms with Crippen LogP contribution in [-0.2, 0) is 54.9 Å². The van der Waals surface area contributed by atoms with Gasteiger partial charge in [0.25, 0.3) is 23.6 Å². The van der Waals surface area contributed by atoms with Gasteiger partial charge in [-0.05, 0) is 135 Å². The van der Waals surface area contributed by atoms with Crippen molar-refractivity contribution in [2.45, 2.75) is 75.8 Å². The Kier molecular flexibility index (Phi) is 17.8. The number of carbonyl (C=O) groups excluding carboxylic acids is 4. The van der Waals surface area contributed by atoms with Crippen LogP contribution in [-0.4, -0.2) is 113 Å². The molecule has 3 aromatic heterocycles. The van der Waals surface area contributed by atoms with Gasteiger partial charge >= 0.3 is 16.8 Å². The zero-order chi connectivity index (χ0) is 60.4. The van der Waals surface area contributed by atoms with Crippen LogP contribution in [0.5, 0.6) is 23.0 Å². The van der Waals surface area contributed by atoms with E-state index in [1.807, 2.05) is 85.0 Å². The maximum atomic E-state index is 14.3. The fraction of sp³-hybridized carbons (Fsp3) is 0.294. The number of nitrogens with zero attached hydrogens (tertiary/aromatic N) is 4. The van der Waals surface area contributed by atoms with Gasteiger partial charge in [-0.2, -0.15) is 0 Å². The molecule has 0 unspecified atom stereocenters. The molecule has 21 heteroatoms. The topological polar surface area (TPSA) is 244 Å². The molecule has 4 atom stereocenters. The molecule has 6 aliphatic rings. The molecule has 20 nitrogen and oxygen atoms in total. The Morgan fingerprint density at radius 2 is 0.618 bits per heavy atom. The molecular weight excluding hydrogens is 1180 g/mol. The van der Waals surface area contributed by atoms with E-state index in [2.05, 4.69) is 21.3 Å². The molecule has 1 radical (unpaired) electrons. The number of anilines is 4. The van der Waals surface area contributed by atoms with Crippen molar-refractivity contribution in [1.82, 2.24) is 19.9 Å². The summed E-state index contributed by atoms with van der Waals surface area (Å²) < 4.78 is 48.2. The molecule has 4 N–H and O–H groups in total. The third-order valence-electron chi connectivity index (χ3n) is 16.5. The van der Waals surface area contributed by atoms with E-state index in [1.54, 1.807) is 64.8 Å². The molecule has 0 spiro atoms. The van der Waals surface area contributed by atoms with Crippen molar-refractivity contribution in [3.8, 4) is 67.5 Å². The van der Waals surface area contributed by atoms with E-state index in [0.717, 1.165) is 25.7 Å². The van der Waals surface area contributed by atoms with Gasteiger partial charge in [-0.25, -0.2) is 9.97 Å². The van der Waals surface area contributed by atoms with Crippen LogP contribution in [0.3, 0.4) is 0 Å². The first-order valence-corrected chi connectivity index (χ1v) is 29.6. The smallest absolute Gasteiger partial charge is 0.657 e. The summed E-state index contributed by atoms with van der Waals surface area (Å²) in [7, 11) is 6.30. The van der Waals surface area contributed by atoms with Crippen molar-refractivity contribution in [3.05, 3.63) is 120 Å². The number of methoxy groups -OCH3 is 4. The second-order valence-corrected chi connectivity index (χ2v) is 21.9. The monoisotopic (exact) mass is 1240 g/mol. The van der Waals surface area contributed by atoms with Gasteiger partial charge in [-0.3, -0.25) is 19.2 Å². The second-order valence-electron chi connectivity index (χ2n) is 21.9. The zero-order valence-electron chi connectivity index (χ0n) is 49.4. The van der Waals surface area contributed by atoms with Gasteiger partial charge in [-0.1, -0.05) is 48.5 Å². The van der Waals surface area contributed by atoms with E-state index >= 15 is 0 Å². The fourth-order valence-electron chi connectivity index (χ4n) is 12.4. The van der Waals surface area contributed by atoms with Crippen LogP contribution in [0.1, 0.15) is 74.1 Å². The quantitative estimate of drug-likeness (QED) is 0.0703. The van der Waals surface area contributed by atoms with Crippen molar-refractivity contribution in [2.24, 2.45) is 0 Å². The van der Waals surface area contributed by atoms with Gasteiger partial charge in [0.15, 0.2) is 0 Å². The Hall–Kier alpha value is -9.09. The van der Waals surface area contributed by atoms with Crippen LogP contribution < -0.4 is 50.2 Å². The van der Waals surface area contributed by atoms with Gasteiger partial charge in [0.1, 0.15) is 47.4 Å². The molecule has 7 aromatic rings. The minimum Gasteiger partial charge on any atom is -0.657 e. The van der Waals surface area contributed by atoms with Crippen molar-refractivity contribution >= 4 is 92.7 Å². The van der Waals surface area contributed by atoms with E-state index in [4.69, 9.17) is 57.8 Å². The van der Waals surface area contributed by atoms with Gasteiger partial charge in [0.2, 0.25) is 0 Å². The first-order valence-electron chi connectivity index (χ1n) is 29.6. The first-order chi connectivity index (χ1) is 43.1. The van der Waals surface area contributed by atoms with Crippen molar-refractivity contribution < 1.29 is 73.9 Å². The second kappa shape index (κ2) is 26.3. The summed E-state index contributed by atoms with van der Waals surface area (Å²) in [5, 5.41) is 12.7. The number of aromatic nitrogens is 4. The summed E-state index contributed by atoms with van der Waals surface area (Å²) in [6.07, 6.45) is 9.67. The van der Waals surface area contributed by atoms with E-state index in [1.165, 1.54) is 0 Å². The number of carbonyl (C=O) groups is 4. The SMILES string of the molecule is COc1cccc(OC)c1-c1c2nc(c(-c3c(NC(=O)[C@H]4CCCO4)cccc3NC(=O)[C@H]3CCCO3)c3ccc([n-]3)c(-c3c(OC)cccc3OC)c3nc(c(-c4c(NC(=O)[C@H]5CCCO5)cccc4NC(=O)[C@H]4CCCO4)c4ccc1[n-]4)C=C3)C=C2.[Co+2]. The van der Waals surface area contributed by atoms with Crippen LogP contribution in [0.4, 0.5) is 22.7 Å². The van der Waals surface area contributed by atoms with Gasteiger partial charge in [0, 0.05) is 48.7 Å². The number of amides is 4. The first kappa shape index (κ1) is 60.2. The molecule has 89 heavy (non-hydrogen) atoms. The molecule has 0 saturated carbocycles. The Balaban J connectivity index is 0.00000769. The third-order valence-corrected chi connectivity index (χ3v) is 16.5. The molecule has 8 bridgehead atoms. The predicted octanol–water partition coefficient (Wildman–Crippen LogP) is 11.1. The number of rotatable bonds is 16. The predicted molar refractivity (Wildman–Crippen MR) is 335 cm³/mol. The summed E-state index contributed by atoms with van der Waals surface area (Å²) in [5.74, 6) is 0.412. The van der Waals surface area contributed by atoms with Crippen molar-refractivity contribution in [3.63, 3.8) is 0 Å². The number of benzene rings is 4. The van der Waals surface area contributed by atoms with E-state index in [9.17, 15) is 19.2 Å². The Labute approximate surface area is 523 Å². The van der Waals surface area contributed by atoms with Crippen LogP contribution in [0.15, 0.2) is 97.1 Å². The van der Waals surface area contributed by atoms with Crippen LogP contribution in [0.2, 0.25) is 0 Å². The zero-order valence-corrected chi connectivity index (χ0v) is 50.4. The number of hydrogen-bond donors (Lipinski definition) is 4. The maximum Gasteiger partial charge on any atom is 2.00 e. The van der Waals surface area contributed by atoms with Crippen molar-refractivity contribution in [2.75, 3.05) is 76.1 Å². The normalized spacial score (nSPS) is 18.3. The Morgan fingerprint density at radius 3 is 0.854 bits per heavy atom. The van der Waals surface area contributed by atoms with Crippen molar-refractivity contribution in [1.29, 1.82) is 0 Å². The minimum absolute atomic E-state index is 0. The molecule has 4 saturated heterocycles. The van der Waals surface area contributed by atoms with Crippen LogP contribution in [0.25, 0.3) is 90.9 Å². The van der Waals surface area contributed by atoms with Gasteiger partial charge in [0.05, 0.1) is 85.1 Å². The van der Waals surface area contributed by atoms with Gasteiger partial charge < -0.3 is 69.1 Å². The summed E-state index contributed by atoms with van der Waals surface area (Å²) in [5.41, 5.74) is 8.54. The molecule has 6 aliphatic heterocycles. The molecular formula is C68H64CoN8O12. The Morgan fingerprint density at radius 1 is 0.371 bits per heavy atom. The molecule has 4 fully saturated rings. The molecule has 13 rings (SSSR count). The molecule has 457 valence electrons. The maximum absolute atomic E-state index is 14.3. The standard InChI is InChI=1S/C68H66N8O12.Co/c1-81-49-17-7-18-50(82-2)63(49)61-45-29-25-41(69-45)59(57-37(73-65(77)53-21-9-33-85-53)13-5-14-38(57)74-66(78)54-22-10-34-86-54)43-27-31-47(71-43)62(64-51(83-3)19-8-20-52(64)84-4)48-32-28-44(72-48)60(42-26-30-46(61)70-42)58-39(75-67(79)55-23-11-35-87-55)15-6-16-40(58)76-68(80)56-24-12-36-88-56;/h5-8,13-20,25-32,53-56H,9-12,21-24,33-36H2,1-4H3,(H6,69,70,71,72,73,74,75,76,77,78,79,80);/q;+2/p-2/t53-,54-,55-,56-;/m1./s1. The number of hydrogen-bond acceptors (Lipinski definition) is 14.